The highest BCUT2D eigenvalue weighted by Crippen LogP contribution is 2.34. The minimum absolute atomic E-state index is 0.00353. The Morgan fingerprint density at radius 2 is 1.58 bits per heavy atom. The number of halogens is 4. The highest BCUT2D eigenvalue weighted by Gasteiger charge is 2.31. The number of ketones is 1. The van der Waals surface area contributed by atoms with Crippen molar-refractivity contribution in [3.8, 4) is 0 Å². The highest BCUT2D eigenvalue weighted by molar-refractivity contribution is 5.99. The molecule has 1 unspecified atom stereocenters. The molecule has 0 aliphatic carbocycles. The van der Waals surface area contributed by atoms with Crippen molar-refractivity contribution in [2.45, 2.75) is 18.5 Å². The Labute approximate surface area is 174 Å². The first kappa shape index (κ1) is 20.6. The number of carbonyl (C=O) groups excluding carboxylic acids is 1. The van der Waals surface area contributed by atoms with Gasteiger partial charge < -0.3 is 0 Å². The molecular weight excluding hydrogens is 410 g/mol. The van der Waals surface area contributed by atoms with Crippen molar-refractivity contribution in [1.82, 2.24) is 15.0 Å². The zero-order chi connectivity index (χ0) is 22.0. The molecule has 0 N–H and O–H groups in total. The van der Waals surface area contributed by atoms with E-state index in [0.717, 1.165) is 12.1 Å². The van der Waals surface area contributed by atoms with Crippen LogP contribution in [0, 0.1) is 5.82 Å². The summed E-state index contributed by atoms with van der Waals surface area (Å²) >= 11 is 0. The van der Waals surface area contributed by atoms with Crippen LogP contribution in [-0.2, 0) is 6.18 Å². The summed E-state index contributed by atoms with van der Waals surface area (Å²) in [5, 5.41) is 0. The molecular formula is C23H15F4N3O. The number of aromatic nitrogens is 3. The molecule has 0 radical (unpaired) electrons. The zero-order valence-electron chi connectivity index (χ0n) is 16.0. The van der Waals surface area contributed by atoms with E-state index in [1.807, 2.05) is 0 Å². The van der Waals surface area contributed by atoms with Crippen LogP contribution in [0.25, 0.3) is 11.0 Å². The number of Topliss-reactive ketones (excluding diaryl/α,β-unsaturated/α-hetero) is 1. The van der Waals surface area contributed by atoms with Crippen molar-refractivity contribution in [1.29, 1.82) is 0 Å². The molecule has 156 valence electrons. The Kier molecular flexibility index (Phi) is 5.46. The van der Waals surface area contributed by atoms with E-state index in [9.17, 15) is 22.4 Å². The van der Waals surface area contributed by atoms with Gasteiger partial charge in [0.05, 0.1) is 22.3 Å². The molecule has 0 saturated heterocycles. The van der Waals surface area contributed by atoms with Gasteiger partial charge in [-0.1, -0.05) is 12.1 Å². The smallest absolute Gasteiger partial charge is 0.294 e. The number of alkyl halides is 3. The van der Waals surface area contributed by atoms with E-state index < -0.39 is 23.5 Å². The van der Waals surface area contributed by atoms with Crippen molar-refractivity contribution >= 4 is 16.8 Å². The van der Waals surface area contributed by atoms with E-state index in [0.29, 0.717) is 22.2 Å². The van der Waals surface area contributed by atoms with Crippen LogP contribution >= 0.6 is 0 Å². The monoisotopic (exact) mass is 425 g/mol. The second-order valence-corrected chi connectivity index (χ2v) is 6.93. The van der Waals surface area contributed by atoms with Gasteiger partial charge in [-0.25, -0.2) is 4.39 Å². The number of nitrogens with zero attached hydrogens (tertiary/aromatic N) is 3. The van der Waals surface area contributed by atoms with Crippen molar-refractivity contribution in [3.05, 3.63) is 101 Å². The first-order valence-electron chi connectivity index (χ1n) is 9.34. The third-order valence-corrected chi connectivity index (χ3v) is 4.94. The van der Waals surface area contributed by atoms with Gasteiger partial charge in [0.15, 0.2) is 5.78 Å². The van der Waals surface area contributed by atoms with E-state index in [4.69, 9.17) is 0 Å². The molecule has 4 rings (SSSR count). The lowest BCUT2D eigenvalue weighted by Crippen LogP contribution is -2.13. The van der Waals surface area contributed by atoms with Gasteiger partial charge in [0, 0.05) is 36.5 Å². The van der Waals surface area contributed by atoms with Crippen molar-refractivity contribution in [2.75, 3.05) is 0 Å². The summed E-state index contributed by atoms with van der Waals surface area (Å²) in [5.74, 6) is -1.80. The summed E-state index contributed by atoms with van der Waals surface area (Å²) in [7, 11) is 0. The number of hydrogen-bond donors (Lipinski definition) is 0. The van der Waals surface area contributed by atoms with Crippen LogP contribution in [-0.4, -0.2) is 20.7 Å². The van der Waals surface area contributed by atoms with Gasteiger partial charge >= 0.3 is 6.18 Å². The van der Waals surface area contributed by atoms with Gasteiger partial charge in [-0.3, -0.25) is 19.7 Å². The van der Waals surface area contributed by atoms with Gasteiger partial charge in [-0.15, -0.1) is 0 Å². The van der Waals surface area contributed by atoms with Crippen LogP contribution in [0.4, 0.5) is 17.6 Å². The fourth-order valence-electron chi connectivity index (χ4n) is 3.37. The maximum atomic E-state index is 14.5. The molecule has 0 bridgehead atoms. The Morgan fingerprint density at radius 3 is 2.26 bits per heavy atom. The summed E-state index contributed by atoms with van der Waals surface area (Å²) in [6.45, 7) is 0. The van der Waals surface area contributed by atoms with Crippen LogP contribution in [0.2, 0.25) is 0 Å². The zero-order valence-corrected chi connectivity index (χ0v) is 16.0. The van der Waals surface area contributed by atoms with Crippen molar-refractivity contribution in [2.24, 2.45) is 0 Å². The van der Waals surface area contributed by atoms with E-state index >= 15 is 0 Å². The minimum Gasteiger partial charge on any atom is -0.294 e. The number of fused-ring (bicyclic) bond motifs is 1. The third kappa shape index (κ3) is 4.42. The lowest BCUT2D eigenvalue weighted by Gasteiger charge is -2.18. The molecule has 2 aromatic heterocycles. The Hall–Kier alpha value is -3.68. The lowest BCUT2D eigenvalue weighted by molar-refractivity contribution is -0.137. The second kappa shape index (κ2) is 8.22. The summed E-state index contributed by atoms with van der Waals surface area (Å²) in [5.41, 5.74) is 1.03. The highest BCUT2D eigenvalue weighted by atomic mass is 19.4. The lowest BCUT2D eigenvalue weighted by atomic mass is 9.87. The van der Waals surface area contributed by atoms with Gasteiger partial charge in [0.2, 0.25) is 0 Å². The molecule has 8 heteroatoms. The van der Waals surface area contributed by atoms with Gasteiger partial charge in [-0.2, -0.15) is 13.2 Å². The Bertz CT molecular complexity index is 1240. The molecule has 0 fully saturated rings. The Morgan fingerprint density at radius 1 is 0.871 bits per heavy atom. The number of hydrogen-bond acceptors (Lipinski definition) is 4. The minimum atomic E-state index is -4.49. The molecule has 2 heterocycles. The average molecular weight is 425 g/mol. The molecule has 0 amide bonds. The number of benzene rings is 2. The average Bonchev–Trinajstić information content (AvgIpc) is 2.77. The summed E-state index contributed by atoms with van der Waals surface area (Å²) in [4.78, 5) is 25.4. The first-order valence-corrected chi connectivity index (χ1v) is 9.34. The Balaban J connectivity index is 1.70. The molecule has 0 spiro atoms. The van der Waals surface area contributed by atoms with E-state index in [1.54, 1.807) is 18.2 Å². The van der Waals surface area contributed by atoms with Crippen LogP contribution in [0.5, 0.6) is 0 Å². The predicted molar refractivity (Wildman–Crippen MR) is 106 cm³/mol. The quantitative estimate of drug-likeness (QED) is 0.309. The molecule has 4 nitrogen and oxygen atoms in total. The molecule has 1 atom stereocenters. The predicted octanol–water partition coefficient (Wildman–Crippen LogP) is 5.59. The normalized spacial score (nSPS) is 12.6. The maximum Gasteiger partial charge on any atom is 0.416 e. The molecule has 31 heavy (non-hydrogen) atoms. The van der Waals surface area contributed by atoms with Gasteiger partial charge in [-0.05, 0) is 48.0 Å². The second-order valence-electron chi connectivity index (χ2n) is 6.93. The van der Waals surface area contributed by atoms with Crippen LogP contribution in [0.1, 0.15) is 39.5 Å². The van der Waals surface area contributed by atoms with E-state index in [-0.39, 0.29) is 17.9 Å². The third-order valence-electron chi connectivity index (χ3n) is 4.94. The SMILES string of the molecule is O=C(CC(c1ccc(C(F)(F)F)cc1)c1ncccc1F)c1ccc2nccnc2c1. The first-order chi connectivity index (χ1) is 14.8. The number of carbonyl (C=O) groups is 1. The fourth-order valence-corrected chi connectivity index (χ4v) is 3.37. The van der Waals surface area contributed by atoms with Crippen molar-refractivity contribution < 1.29 is 22.4 Å². The fraction of sp³-hybridized carbons (Fsp3) is 0.130. The van der Waals surface area contributed by atoms with Crippen LogP contribution < -0.4 is 0 Å². The van der Waals surface area contributed by atoms with Gasteiger partial charge in [0.1, 0.15) is 5.82 Å². The van der Waals surface area contributed by atoms with E-state index in [2.05, 4.69) is 15.0 Å². The maximum absolute atomic E-state index is 14.5. The number of pyridine rings is 1. The standard InChI is InChI=1S/C23H15F4N3O/c24-18-2-1-9-30-22(18)17(14-3-6-16(7-4-14)23(25,26)27)13-21(31)15-5-8-19-20(12-15)29-11-10-28-19/h1-12,17H,13H2. The van der Waals surface area contributed by atoms with E-state index in [1.165, 1.54) is 42.9 Å². The van der Waals surface area contributed by atoms with Crippen molar-refractivity contribution in [3.63, 3.8) is 0 Å². The molecule has 4 aromatic rings. The molecule has 0 aliphatic heterocycles. The summed E-state index contributed by atoms with van der Waals surface area (Å²) in [6, 6.07) is 11.8. The molecule has 0 saturated carbocycles. The molecule has 2 aromatic carbocycles. The summed E-state index contributed by atoms with van der Waals surface area (Å²) in [6.07, 6.45) is -0.248. The van der Waals surface area contributed by atoms with Crippen LogP contribution in [0.15, 0.2) is 73.2 Å². The largest absolute Gasteiger partial charge is 0.416 e. The molecule has 0 aliphatic rings. The van der Waals surface area contributed by atoms with Crippen LogP contribution in [0.3, 0.4) is 0 Å². The summed E-state index contributed by atoms with van der Waals surface area (Å²) < 4.78 is 53.3. The number of rotatable bonds is 5. The van der Waals surface area contributed by atoms with Gasteiger partial charge in [0.25, 0.3) is 0 Å². The topological polar surface area (TPSA) is 55.7 Å².